The molecule has 10 heteroatoms. The molecule has 0 fully saturated rings. The molecule has 0 spiro atoms. The minimum absolute atomic E-state index is 1.52. The van der Waals surface area contributed by atoms with Gasteiger partial charge < -0.3 is 0 Å². The van der Waals surface area contributed by atoms with Crippen LogP contribution in [0.3, 0.4) is 0 Å². The van der Waals surface area contributed by atoms with Gasteiger partial charge in [-0.3, -0.25) is 0 Å². The second kappa shape index (κ2) is 4.14. The van der Waals surface area contributed by atoms with Gasteiger partial charge in [-0.2, -0.15) is 26.3 Å². The first-order chi connectivity index (χ1) is 6.42. The van der Waals surface area contributed by atoms with Crippen molar-refractivity contribution in [1.82, 2.24) is 0 Å². The Kier molecular flexibility index (Phi) is 3.99. The van der Waals surface area contributed by atoms with E-state index in [1.54, 1.807) is 0 Å². The molecule has 0 aromatic carbocycles. The van der Waals surface area contributed by atoms with E-state index in [4.69, 9.17) is 0 Å². The molecule has 0 aliphatic heterocycles. The molecule has 0 bridgehead atoms. The molecule has 0 aliphatic carbocycles. The van der Waals surface area contributed by atoms with E-state index in [2.05, 4.69) is 0 Å². The summed E-state index contributed by atoms with van der Waals surface area (Å²) < 4.78 is 103. The second-order valence-corrected chi connectivity index (χ2v) is 3.72. The van der Waals surface area contributed by atoms with Crippen molar-refractivity contribution < 1.29 is 39.2 Å². The zero-order valence-corrected chi connectivity index (χ0v) is 7.72. The summed E-state index contributed by atoms with van der Waals surface area (Å²) >= 11 is 0. The molecule has 0 amide bonds. The highest BCUT2D eigenvalue weighted by atomic mass is 32.2. The summed E-state index contributed by atoms with van der Waals surface area (Å²) in [6, 6.07) is 0. The maximum absolute atomic E-state index is 12.6. The molecule has 15 heavy (non-hydrogen) atoms. The van der Waals surface area contributed by atoms with Crippen molar-refractivity contribution >= 4 is 10.7 Å². The molecule has 0 aromatic heterocycles. The molecule has 2 nitrogen and oxygen atoms in total. The van der Waals surface area contributed by atoms with Crippen LogP contribution < -0.4 is 0 Å². The van der Waals surface area contributed by atoms with E-state index in [1.807, 2.05) is 0 Å². The predicted octanol–water partition coefficient (Wildman–Crippen LogP) is 1.82. The van der Waals surface area contributed by atoms with Crippen molar-refractivity contribution in [3.63, 3.8) is 0 Å². The normalized spacial score (nSPS) is 14.7. The fourth-order valence-electron chi connectivity index (χ4n) is 0.690. The Morgan fingerprint density at radius 1 is 0.800 bits per heavy atom. The van der Waals surface area contributed by atoms with E-state index < -0.39 is 40.9 Å². The maximum Gasteiger partial charge on any atom is 0.431 e. The molecule has 0 heterocycles. The highest BCUT2D eigenvalue weighted by Gasteiger charge is 2.71. The van der Waals surface area contributed by atoms with Crippen LogP contribution in [0.4, 0.5) is 30.7 Å². The molecule has 0 aromatic rings. The number of hydrogen-bond donors (Lipinski definition) is 1. The van der Waals surface area contributed by atoms with Gasteiger partial charge in [-0.1, -0.05) is 0 Å². The second-order valence-electron chi connectivity index (χ2n) is 2.60. The molecule has 0 saturated heterocycles. The van der Waals surface area contributed by atoms with Gasteiger partial charge in [-0.25, -0.2) is 12.8 Å². The maximum atomic E-state index is 12.6. The quantitative estimate of drug-likeness (QED) is 0.622. The van der Waals surface area contributed by atoms with Crippen LogP contribution in [-0.2, 0) is 10.7 Å². The molecular weight excluding hydrogens is 257 g/mol. The lowest BCUT2D eigenvalue weighted by atomic mass is 10.0. The van der Waals surface area contributed by atoms with Gasteiger partial charge in [-0.05, 0) is 0 Å². The van der Waals surface area contributed by atoms with Gasteiger partial charge >= 0.3 is 12.4 Å². The predicted molar refractivity (Wildman–Crippen MR) is 35.7 cm³/mol. The lowest BCUT2D eigenvalue weighted by molar-refractivity contribution is -0.341. The van der Waals surface area contributed by atoms with Crippen LogP contribution in [0.15, 0.2) is 0 Å². The van der Waals surface area contributed by atoms with Gasteiger partial charge in [0.1, 0.15) is 10.7 Å². The summed E-state index contributed by atoms with van der Waals surface area (Å²) in [4.78, 5) is 0. The Balaban J connectivity index is 5.06. The van der Waals surface area contributed by atoms with Crippen LogP contribution in [0.25, 0.3) is 0 Å². The topological polar surface area (TPSA) is 34.1 Å². The first kappa shape index (κ1) is 14.5. The monoisotopic (exact) mass is 262 g/mol. The Bertz CT molecular complexity index is 267. The van der Waals surface area contributed by atoms with Crippen molar-refractivity contribution in [2.75, 3.05) is 5.75 Å². The van der Waals surface area contributed by atoms with Gasteiger partial charge in [0, 0.05) is 6.42 Å². The van der Waals surface area contributed by atoms with Crippen LogP contribution in [0.5, 0.6) is 0 Å². The van der Waals surface area contributed by atoms with E-state index in [-0.39, 0.29) is 0 Å². The standard InChI is InChI=1S/C5H5F7O2S/c6-3(4(7,8)9,5(10,11)12)1-2-15(13)14/h15H,1-2H2. The summed E-state index contributed by atoms with van der Waals surface area (Å²) in [5.74, 6) is -1.52. The van der Waals surface area contributed by atoms with E-state index in [9.17, 15) is 39.2 Å². The minimum atomic E-state index is -6.18. The van der Waals surface area contributed by atoms with Crippen molar-refractivity contribution in [3.05, 3.63) is 0 Å². The third kappa shape index (κ3) is 3.21. The van der Waals surface area contributed by atoms with Crippen LogP contribution >= 0.6 is 0 Å². The Morgan fingerprint density at radius 2 is 1.13 bits per heavy atom. The molecule has 0 radical (unpaired) electrons. The number of thiol groups is 1. The first-order valence-corrected chi connectivity index (χ1v) is 4.72. The minimum Gasteiger partial charge on any atom is -0.232 e. The number of rotatable bonds is 3. The summed E-state index contributed by atoms with van der Waals surface area (Å²) in [7, 11) is -3.50. The zero-order valence-electron chi connectivity index (χ0n) is 6.82. The fourth-order valence-corrected chi connectivity index (χ4v) is 1.18. The Morgan fingerprint density at radius 3 is 1.33 bits per heavy atom. The van der Waals surface area contributed by atoms with Crippen LogP contribution in [0, 0.1) is 0 Å². The highest BCUT2D eigenvalue weighted by Crippen LogP contribution is 2.48. The first-order valence-electron chi connectivity index (χ1n) is 3.36. The van der Waals surface area contributed by atoms with Crippen molar-refractivity contribution in [1.29, 1.82) is 0 Å². The van der Waals surface area contributed by atoms with Crippen molar-refractivity contribution in [2.45, 2.75) is 24.4 Å². The smallest absolute Gasteiger partial charge is 0.232 e. The molecular formula is C5H5F7O2S. The van der Waals surface area contributed by atoms with Gasteiger partial charge in [0.05, 0.1) is 5.75 Å². The Hall–Kier alpha value is -0.540. The van der Waals surface area contributed by atoms with Gasteiger partial charge in [0.2, 0.25) is 0 Å². The summed E-state index contributed by atoms with van der Waals surface area (Å²) in [5.41, 5.74) is -5.48. The van der Waals surface area contributed by atoms with Gasteiger partial charge in [-0.15, -0.1) is 0 Å². The number of halogens is 7. The van der Waals surface area contributed by atoms with Crippen molar-refractivity contribution in [2.24, 2.45) is 0 Å². The largest absolute Gasteiger partial charge is 0.431 e. The lowest BCUT2D eigenvalue weighted by Gasteiger charge is -2.29. The van der Waals surface area contributed by atoms with Crippen molar-refractivity contribution in [3.8, 4) is 0 Å². The third-order valence-corrected chi connectivity index (χ3v) is 2.13. The van der Waals surface area contributed by atoms with Crippen LogP contribution in [0.2, 0.25) is 0 Å². The fraction of sp³-hybridized carbons (Fsp3) is 1.00. The molecule has 0 unspecified atom stereocenters. The zero-order chi connectivity index (χ0) is 12.5. The lowest BCUT2D eigenvalue weighted by Crippen LogP contribution is -2.53. The van der Waals surface area contributed by atoms with E-state index in [0.717, 1.165) is 0 Å². The molecule has 0 atom stereocenters. The molecule has 0 rings (SSSR count). The summed E-state index contributed by atoms with van der Waals surface area (Å²) in [5, 5.41) is 0. The average Bonchev–Trinajstić information content (AvgIpc) is 1.95. The summed E-state index contributed by atoms with van der Waals surface area (Å²) in [6.45, 7) is 0. The highest BCUT2D eigenvalue weighted by molar-refractivity contribution is 7.72. The van der Waals surface area contributed by atoms with E-state index in [1.165, 1.54) is 0 Å². The molecule has 0 N–H and O–H groups in total. The summed E-state index contributed by atoms with van der Waals surface area (Å²) in [6.07, 6.45) is -14.5. The van der Waals surface area contributed by atoms with Crippen LogP contribution in [-0.4, -0.2) is 32.2 Å². The molecule has 0 aliphatic rings. The van der Waals surface area contributed by atoms with Gasteiger partial charge in [0.15, 0.2) is 0 Å². The third-order valence-electron chi connectivity index (χ3n) is 1.54. The van der Waals surface area contributed by atoms with E-state index in [0.29, 0.717) is 0 Å². The SMILES string of the molecule is O=[SH](=O)CCC(F)(C(F)(F)F)C(F)(F)F. The molecule has 92 valence electrons. The van der Waals surface area contributed by atoms with E-state index >= 15 is 0 Å². The number of hydrogen-bond acceptors (Lipinski definition) is 2. The molecule has 0 saturated carbocycles. The average molecular weight is 262 g/mol. The number of alkyl halides is 7. The van der Waals surface area contributed by atoms with Crippen LogP contribution in [0.1, 0.15) is 6.42 Å². The Labute approximate surface area is 81.0 Å². The van der Waals surface area contributed by atoms with Gasteiger partial charge in [0.25, 0.3) is 5.67 Å².